The van der Waals surface area contributed by atoms with Crippen molar-refractivity contribution in [1.29, 1.82) is 0 Å². The van der Waals surface area contributed by atoms with Gasteiger partial charge < -0.3 is 10.4 Å². The third-order valence-electron chi connectivity index (χ3n) is 4.19. The van der Waals surface area contributed by atoms with Gasteiger partial charge in [-0.3, -0.25) is 0 Å². The molecule has 1 aromatic heterocycles. The SMILES string of the molecule is CC(C)CC1(CNc2cc(C(=O)O)cc(Cl)n2)CCCC1. The monoisotopic (exact) mass is 310 g/mol. The standard InChI is InChI=1S/C16H23ClN2O2/c1-11(2)9-16(5-3-4-6-16)10-18-14-8-12(15(20)21)7-13(17)19-14/h7-8,11H,3-6,9-10H2,1-2H3,(H,18,19)(H,20,21). The first-order valence-electron chi connectivity index (χ1n) is 7.55. The molecule has 0 saturated heterocycles. The van der Waals surface area contributed by atoms with Crippen LogP contribution in [-0.2, 0) is 0 Å². The van der Waals surface area contributed by atoms with Crippen LogP contribution >= 0.6 is 11.6 Å². The van der Waals surface area contributed by atoms with E-state index in [-0.39, 0.29) is 10.7 Å². The number of aromatic carboxylic acids is 1. The first kappa shape index (κ1) is 16.1. The predicted octanol–water partition coefficient (Wildman–Crippen LogP) is 4.45. The Kier molecular flexibility index (Phi) is 5.09. The van der Waals surface area contributed by atoms with E-state index < -0.39 is 5.97 Å². The number of pyridine rings is 1. The van der Waals surface area contributed by atoms with Gasteiger partial charge in [0, 0.05) is 6.54 Å². The molecule has 0 radical (unpaired) electrons. The third kappa shape index (κ3) is 4.34. The maximum atomic E-state index is 11.1. The third-order valence-corrected chi connectivity index (χ3v) is 4.38. The zero-order valence-corrected chi connectivity index (χ0v) is 13.4. The van der Waals surface area contributed by atoms with Crippen LogP contribution in [0.1, 0.15) is 56.3 Å². The van der Waals surface area contributed by atoms with Crippen LogP contribution in [0, 0.1) is 11.3 Å². The zero-order valence-electron chi connectivity index (χ0n) is 12.7. The number of rotatable bonds is 6. The summed E-state index contributed by atoms with van der Waals surface area (Å²) < 4.78 is 0. The summed E-state index contributed by atoms with van der Waals surface area (Å²) in [6, 6.07) is 2.92. The van der Waals surface area contributed by atoms with Crippen molar-refractivity contribution in [2.24, 2.45) is 11.3 Å². The molecule has 0 bridgehead atoms. The van der Waals surface area contributed by atoms with Gasteiger partial charge in [0.05, 0.1) is 5.56 Å². The summed E-state index contributed by atoms with van der Waals surface area (Å²) in [6.07, 6.45) is 6.19. The number of hydrogen-bond acceptors (Lipinski definition) is 3. The molecule has 0 aromatic carbocycles. The highest BCUT2D eigenvalue weighted by Gasteiger charge is 2.34. The van der Waals surface area contributed by atoms with Gasteiger partial charge in [0.15, 0.2) is 0 Å². The van der Waals surface area contributed by atoms with Crippen LogP contribution in [0.3, 0.4) is 0 Å². The van der Waals surface area contributed by atoms with E-state index >= 15 is 0 Å². The predicted molar refractivity (Wildman–Crippen MR) is 85.1 cm³/mol. The molecule has 0 amide bonds. The second kappa shape index (κ2) is 6.65. The quantitative estimate of drug-likeness (QED) is 0.762. The van der Waals surface area contributed by atoms with Gasteiger partial charge >= 0.3 is 5.97 Å². The number of carboxylic acids is 1. The average molecular weight is 311 g/mol. The summed E-state index contributed by atoms with van der Waals surface area (Å²) >= 11 is 5.89. The molecule has 1 aliphatic rings. The Morgan fingerprint density at radius 2 is 2.10 bits per heavy atom. The summed E-state index contributed by atoms with van der Waals surface area (Å²) in [5.74, 6) is 0.224. The summed E-state index contributed by atoms with van der Waals surface area (Å²) in [6.45, 7) is 5.33. The maximum Gasteiger partial charge on any atom is 0.335 e. The fourth-order valence-corrected chi connectivity index (χ4v) is 3.64. The topological polar surface area (TPSA) is 62.2 Å². The first-order chi connectivity index (χ1) is 9.90. The fraction of sp³-hybridized carbons (Fsp3) is 0.625. The van der Waals surface area contributed by atoms with Crippen molar-refractivity contribution in [3.05, 3.63) is 22.8 Å². The molecule has 0 aliphatic heterocycles. The van der Waals surface area contributed by atoms with Crippen molar-refractivity contribution in [1.82, 2.24) is 4.98 Å². The highest BCUT2D eigenvalue weighted by atomic mass is 35.5. The van der Waals surface area contributed by atoms with Crippen LogP contribution in [0.25, 0.3) is 0 Å². The Morgan fingerprint density at radius 3 is 2.67 bits per heavy atom. The van der Waals surface area contributed by atoms with E-state index in [1.165, 1.54) is 38.2 Å². The molecule has 1 saturated carbocycles. The van der Waals surface area contributed by atoms with E-state index in [2.05, 4.69) is 24.1 Å². The highest BCUT2D eigenvalue weighted by molar-refractivity contribution is 6.29. The van der Waals surface area contributed by atoms with Crippen LogP contribution in [0.2, 0.25) is 5.15 Å². The Labute approximate surface area is 130 Å². The normalized spacial score (nSPS) is 17.1. The van der Waals surface area contributed by atoms with Crippen molar-refractivity contribution in [3.63, 3.8) is 0 Å². The van der Waals surface area contributed by atoms with Gasteiger partial charge in [-0.15, -0.1) is 0 Å². The second-order valence-corrected chi connectivity index (χ2v) is 6.91. The highest BCUT2D eigenvalue weighted by Crippen LogP contribution is 2.43. The lowest BCUT2D eigenvalue weighted by atomic mass is 9.78. The lowest BCUT2D eigenvalue weighted by Gasteiger charge is -2.31. The Balaban J connectivity index is 2.09. The molecule has 21 heavy (non-hydrogen) atoms. The van der Waals surface area contributed by atoms with E-state index in [1.54, 1.807) is 6.07 Å². The molecule has 1 aromatic rings. The summed E-state index contributed by atoms with van der Waals surface area (Å²) in [7, 11) is 0. The Hall–Kier alpha value is -1.29. The van der Waals surface area contributed by atoms with Gasteiger partial charge in [0.25, 0.3) is 0 Å². The molecule has 4 nitrogen and oxygen atoms in total. The smallest absolute Gasteiger partial charge is 0.335 e. The summed E-state index contributed by atoms with van der Waals surface area (Å²) in [5, 5.41) is 12.6. The number of nitrogens with zero attached hydrogens (tertiary/aromatic N) is 1. The number of nitrogens with one attached hydrogen (secondary N) is 1. The van der Waals surface area contributed by atoms with Crippen LogP contribution in [-0.4, -0.2) is 22.6 Å². The van der Waals surface area contributed by atoms with Crippen LogP contribution < -0.4 is 5.32 Å². The van der Waals surface area contributed by atoms with E-state index in [0.717, 1.165) is 6.54 Å². The summed E-state index contributed by atoms with van der Waals surface area (Å²) in [5.41, 5.74) is 0.475. The number of anilines is 1. The largest absolute Gasteiger partial charge is 0.478 e. The minimum atomic E-state index is -0.986. The summed E-state index contributed by atoms with van der Waals surface area (Å²) in [4.78, 5) is 15.2. The number of hydrogen-bond donors (Lipinski definition) is 2. The number of aromatic nitrogens is 1. The lowest BCUT2D eigenvalue weighted by Crippen LogP contribution is -2.28. The lowest BCUT2D eigenvalue weighted by molar-refractivity contribution is 0.0697. The van der Waals surface area contributed by atoms with Crippen molar-refractivity contribution in [2.45, 2.75) is 46.0 Å². The molecule has 2 rings (SSSR count). The molecular formula is C16H23ClN2O2. The van der Waals surface area contributed by atoms with Crippen LogP contribution in [0.15, 0.2) is 12.1 Å². The molecule has 1 aliphatic carbocycles. The molecule has 1 heterocycles. The van der Waals surface area contributed by atoms with Gasteiger partial charge in [0.2, 0.25) is 0 Å². The second-order valence-electron chi connectivity index (χ2n) is 6.53. The average Bonchev–Trinajstić information content (AvgIpc) is 2.84. The van der Waals surface area contributed by atoms with Gasteiger partial charge in [-0.25, -0.2) is 9.78 Å². The van der Waals surface area contributed by atoms with Gasteiger partial charge in [-0.2, -0.15) is 0 Å². The molecule has 0 atom stereocenters. The van der Waals surface area contributed by atoms with Gasteiger partial charge in [-0.05, 0) is 42.7 Å². The number of carboxylic acid groups (broad SMARTS) is 1. The van der Waals surface area contributed by atoms with Crippen molar-refractivity contribution in [3.8, 4) is 0 Å². The van der Waals surface area contributed by atoms with Gasteiger partial charge in [0.1, 0.15) is 11.0 Å². The van der Waals surface area contributed by atoms with Crippen LogP contribution in [0.4, 0.5) is 5.82 Å². The Bertz CT molecular complexity index is 511. The number of carbonyl (C=O) groups is 1. The molecule has 0 unspecified atom stereocenters. The van der Waals surface area contributed by atoms with E-state index in [9.17, 15) is 4.79 Å². The minimum absolute atomic E-state index is 0.168. The van der Waals surface area contributed by atoms with Crippen LogP contribution in [0.5, 0.6) is 0 Å². The van der Waals surface area contributed by atoms with Crippen molar-refractivity contribution >= 4 is 23.4 Å². The molecule has 5 heteroatoms. The molecule has 0 spiro atoms. The zero-order chi connectivity index (χ0) is 15.5. The van der Waals surface area contributed by atoms with Gasteiger partial charge in [-0.1, -0.05) is 38.3 Å². The van der Waals surface area contributed by atoms with E-state index in [1.807, 2.05) is 0 Å². The first-order valence-corrected chi connectivity index (χ1v) is 7.93. The maximum absolute atomic E-state index is 11.1. The van der Waals surface area contributed by atoms with Crippen molar-refractivity contribution < 1.29 is 9.90 Å². The van der Waals surface area contributed by atoms with E-state index in [4.69, 9.17) is 16.7 Å². The Morgan fingerprint density at radius 1 is 1.43 bits per heavy atom. The molecule has 2 N–H and O–H groups in total. The molecule has 1 fully saturated rings. The van der Waals surface area contributed by atoms with E-state index in [0.29, 0.717) is 17.2 Å². The van der Waals surface area contributed by atoms with Crippen molar-refractivity contribution in [2.75, 3.05) is 11.9 Å². The molecule has 116 valence electrons. The molecular weight excluding hydrogens is 288 g/mol. The fourth-order valence-electron chi connectivity index (χ4n) is 3.43. The number of halogens is 1. The minimum Gasteiger partial charge on any atom is -0.478 e.